The number of aryl methyl sites for hydroxylation is 1. The van der Waals surface area contributed by atoms with Crippen LogP contribution < -0.4 is 14.8 Å². The van der Waals surface area contributed by atoms with Crippen molar-refractivity contribution in [1.29, 1.82) is 0 Å². The Bertz CT molecular complexity index is 1250. The van der Waals surface area contributed by atoms with E-state index >= 15 is 0 Å². The minimum absolute atomic E-state index is 0.0194. The fraction of sp³-hybridized carbons (Fsp3) is 0.0909. The molecule has 9 heteroatoms. The smallest absolute Gasteiger partial charge is 0.335 e. The summed E-state index contributed by atoms with van der Waals surface area (Å²) in [6, 6.07) is 16.6. The number of carbonyl (C=O) groups is 2. The summed E-state index contributed by atoms with van der Waals surface area (Å²) in [4.78, 5) is 23.7. The second-order valence-corrected chi connectivity index (χ2v) is 8.28. The Morgan fingerprint density at radius 2 is 1.68 bits per heavy atom. The van der Waals surface area contributed by atoms with Crippen LogP contribution >= 0.6 is 0 Å². The summed E-state index contributed by atoms with van der Waals surface area (Å²) in [5.74, 6) is -1.34. The number of nitrogens with one attached hydrogen (secondary N) is 2. The molecule has 0 aliphatic carbocycles. The average molecular weight is 440 g/mol. The number of methoxy groups -OCH3 is 1. The molecule has 1 amide bonds. The highest BCUT2D eigenvalue weighted by atomic mass is 32.2. The molecule has 0 heterocycles. The molecule has 0 saturated carbocycles. The van der Waals surface area contributed by atoms with Crippen LogP contribution in [0.4, 0.5) is 11.4 Å². The first-order chi connectivity index (χ1) is 14.7. The molecule has 0 aliphatic rings. The molecule has 0 atom stereocenters. The summed E-state index contributed by atoms with van der Waals surface area (Å²) in [5.41, 5.74) is 1.12. The first-order valence-electron chi connectivity index (χ1n) is 9.12. The van der Waals surface area contributed by atoms with Crippen LogP contribution in [0.2, 0.25) is 0 Å². The summed E-state index contributed by atoms with van der Waals surface area (Å²) in [5, 5.41) is 11.7. The van der Waals surface area contributed by atoms with Gasteiger partial charge in [-0.25, -0.2) is 13.2 Å². The zero-order valence-electron chi connectivity index (χ0n) is 16.7. The monoisotopic (exact) mass is 440 g/mol. The van der Waals surface area contributed by atoms with Crippen LogP contribution in [0.15, 0.2) is 71.6 Å². The number of carboxylic acid groups (broad SMARTS) is 1. The Labute approximate surface area is 179 Å². The van der Waals surface area contributed by atoms with Crippen molar-refractivity contribution in [1.82, 2.24) is 0 Å². The molecule has 3 rings (SSSR count). The van der Waals surface area contributed by atoms with E-state index in [2.05, 4.69) is 10.0 Å². The lowest BCUT2D eigenvalue weighted by Crippen LogP contribution is -2.17. The third-order valence-electron chi connectivity index (χ3n) is 4.46. The van der Waals surface area contributed by atoms with Gasteiger partial charge in [-0.15, -0.1) is 0 Å². The number of hydrogen-bond donors (Lipinski definition) is 3. The van der Waals surface area contributed by atoms with Crippen LogP contribution in [0.5, 0.6) is 5.75 Å². The number of carboxylic acids is 1. The highest BCUT2D eigenvalue weighted by Crippen LogP contribution is 2.27. The molecule has 0 saturated heterocycles. The lowest BCUT2D eigenvalue weighted by Gasteiger charge is -2.14. The summed E-state index contributed by atoms with van der Waals surface area (Å²) in [7, 11) is -2.58. The van der Waals surface area contributed by atoms with E-state index in [-0.39, 0.29) is 27.4 Å². The van der Waals surface area contributed by atoms with Gasteiger partial charge in [0.05, 0.1) is 23.3 Å². The maximum absolute atomic E-state index is 13.0. The van der Waals surface area contributed by atoms with Gasteiger partial charge in [-0.2, -0.15) is 0 Å². The minimum Gasteiger partial charge on any atom is -0.495 e. The SMILES string of the molecule is COc1ccccc1NS(=O)(=O)c1cc(C(=O)Nc2cccc(C(=O)O)c2)ccc1C. The summed E-state index contributed by atoms with van der Waals surface area (Å²) in [6.07, 6.45) is 0. The number of para-hydroxylation sites is 2. The molecular formula is C22H20N2O6S. The molecule has 0 unspecified atom stereocenters. The van der Waals surface area contributed by atoms with Gasteiger partial charge >= 0.3 is 5.97 Å². The molecule has 0 aromatic heterocycles. The van der Waals surface area contributed by atoms with Crippen molar-refractivity contribution in [3.8, 4) is 5.75 Å². The Kier molecular flexibility index (Phi) is 6.26. The molecule has 160 valence electrons. The number of ether oxygens (including phenoxy) is 1. The number of anilines is 2. The van der Waals surface area contributed by atoms with E-state index in [1.54, 1.807) is 37.3 Å². The highest BCUT2D eigenvalue weighted by molar-refractivity contribution is 7.92. The van der Waals surface area contributed by atoms with E-state index in [0.717, 1.165) is 0 Å². The molecule has 0 bridgehead atoms. The van der Waals surface area contributed by atoms with Gasteiger partial charge in [-0.1, -0.05) is 24.3 Å². The van der Waals surface area contributed by atoms with Crippen LogP contribution in [0, 0.1) is 6.92 Å². The van der Waals surface area contributed by atoms with Crippen LogP contribution in [0.1, 0.15) is 26.3 Å². The van der Waals surface area contributed by atoms with Crippen molar-refractivity contribution in [2.45, 2.75) is 11.8 Å². The van der Waals surface area contributed by atoms with E-state index in [9.17, 15) is 18.0 Å². The Hall–Kier alpha value is -3.85. The molecule has 0 spiro atoms. The van der Waals surface area contributed by atoms with E-state index in [1.165, 1.54) is 43.5 Å². The lowest BCUT2D eigenvalue weighted by atomic mass is 10.1. The molecule has 3 N–H and O–H groups in total. The Morgan fingerprint density at radius 1 is 0.935 bits per heavy atom. The summed E-state index contributed by atoms with van der Waals surface area (Å²) < 4.78 is 33.6. The molecule has 8 nitrogen and oxygen atoms in total. The van der Waals surface area contributed by atoms with Crippen LogP contribution in [-0.4, -0.2) is 32.5 Å². The number of rotatable bonds is 7. The quantitative estimate of drug-likeness (QED) is 0.514. The normalized spacial score (nSPS) is 10.9. The van der Waals surface area contributed by atoms with Crippen molar-refractivity contribution in [2.24, 2.45) is 0 Å². The second-order valence-electron chi connectivity index (χ2n) is 6.63. The van der Waals surface area contributed by atoms with Gasteiger partial charge in [-0.3, -0.25) is 9.52 Å². The fourth-order valence-corrected chi connectivity index (χ4v) is 4.23. The predicted octanol–water partition coefficient (Wildman–Crippen LogP) is 3.75. The van der Waals surface area contributed by atoms with Gasteiger partial charge in [0.2, 0.25) is 0 Å². The van der Waals surface area contributed by atoms with Gasteiger partial charge in [0.25, 0.3) is 15.9 Å². The molecule has 0 fully saturated rings. The maximum Gasteiger partial charge on any atom is 0.335 e. The van der Waals surface area contributed by atoms with Crippen molar-refractivity contribution in [2.75, 3.05) is 17.1 Å². The topological polar surface area (TPSA) is 122 Å². The molecule has 3 aromatic carbocycles. The third kappa shape index (κ3) is 5.01. The van der Waals surface area contributed by atoms with E-state index < -0.39 is 21.9 Å². The van der Waals surface area contributed by atoms with E-state index in [0.29, 0.717) is 11.3 Å². The number of hydrogen-bond acceptors (Lipinski definition) is 5. The van der Waals surface area contributed by atoms with Crippen molar-refractivity contribution < 1.29 is 27.9 Å². The largest absolute Gasteiger partial charge is 0.495 e. The van der Waals surface area contributed by atoms with Crippen LogP contribution in [0.3, 0.4) is 0 Å². The second kappa shape index (κ2) is 8.88. The number of sulfonamides is 1. The zero-order chi connectivity index (χ0) is 22.6. The predicted molar refractivity (Wildman–Crippen MR) is 116 cm³/mol. The highest BCUT2D eigenvalue weighted by Gasteiger charge is 2.21. The number of amides is 1. The van der Waals surface area contributed by atoms with Crippen molar-refractivity contribution in [3.63, 3.8) is 0 Å². The molecule has 3 aromatic rings. The molecule has 31 heavy (non-hydrogen) atoms. The fourth-order valence-electron chi connectivity index (χ4n) is 2.89. The van der Waals surface area contributed by atoms with Crippen LogP contribution in [-0.2, 0) is 10.0 Å². The molecular weight excluding hydrogens is 420 g/mol. The Morgan fingerprint density at radius 3 is 2.39 bits per heavy atom. The van der Waals surface area contributed by atoms with Gasteiger partial charge < -0.3 is 15.2 Å². The summed E-state index contributed by atoms with van der Waals surface area (Å²) in [6.45, 7) is 1.62. The minimum atomic E-state index is -4.01. The number of carbonyl (C=O) groups excluding carboxylic acids is 1. The first kappa shape index (κ1) is 21.8. The maximum atomic E-state index is 13.0. The molecule has 0 radical (unpaired) electrons. The zero-order valence-corrected chi connectivity index (χ0v) is 17.6. The first-order valence-corrected chi connectivity index (χ1v) is 10.6. The number of benzene rings is 3. The van der Waals surface area contributed by atoms with E-state index in [1.807, 2.05) is 0 Å². The molecule has 0 aliphatic heterocycles. The average Bonchev–Trinajstić information content (AvgIpc) is 2.74. The summed E-state index contributed by atoms with van der Waals surface area (Å²) >= 11 is 0. The van der Waals surface area contributed by atoms with Gasteiger partial charge in [0.15, 0.2) is 0 Å². The number of aromatic carboxylic acids is 1. The Balaban J connectivity index is 1.89. The van der Waals surface area contributed by atoms with Crippen molar-refractivity contribution >= 4 is 33.3 Å². The van der Waals surface area contributed by atoms with Crippen molar-refractivity contribution in [3.05, 3.63) is 83.4 Å². The van der Waals surface area contributed by atoms with Gasteiger partial charge in [-0.05, 0) is 55.0 Å². The van der Waals surface area contributed by atoms with Gasteiger partial charge in [0.1, 0.15) is 5.75 Å². The third-order valence-corrected chi connectivity index (χ3v) is 5.97. The standard InChI is InChI=1S/C22H20N2O6S/c1-14-10-11-15(21(25)23-17-7-5-6-16(12-17)22(26)27)13-20(14)31(28,29)24-18-8-3-4-9-19(18)30-2/h3-13,24H,1-2H3,(H,23,25)(H,26,27). The van der Waals surface area contributed by atoms with E-state index in [4.69, 9.17) is 9.84 Å². The lowest BCUT2D eigenvalue weighted by molar-refractivity contribution is 0.0696. The van der Waals surface area contributed by atoms with Crippen LogP contribution in [0.25, 0.3) is 0 Å². The van der Waals surface area contributed by atoms with Gasteiger partial charge in [0, 0.05) is 11.3 Å².